The summed E-state index contributed by atoms with van der Waals surface area (Å²) in [5, 5.41) is 7.10. The van der Waals surface area contributed by atoms with Crippen LogP contribution in [0.1, 0.15) is 11.3 Å². The molecule has 35 heavy (non-hydrogen) atoms. The first-order chi connectivity index (χ1) is 16.7. The fraction of sp³-hybridized carbons (Fsp3) is 0.167. The highest BCUT2D eigenvalue weighted by Crippen LogP contribution is 2.19. The molecule has 0 unspecified atom stereocenters. The molecule has 0 spiro atoms. The van der Waals surface area contributed by atoms with Gasteiger partial charge in [-0.1, -0.05) is 30.3 Å². The van der Waals surface area contributed by atoms with E-state index in [4.69, 9.17) is 5.73 Å². The number of nitrogens with two attached hydrogens (primary N) is 1. The molecule has 0 radical (unpaired) electrons. The van der Waals surface area contributed by atoms with Gasteiger partial charge in [0.15, 0.2) is 0 Å². The van der Waals surface area contributed by atoms with Crippen molar-refractivity contribution in [3.8, 4) is 5.69 Å². The first-order valence-electron chi connectivity index (χ1n) is 10.7. The Morgan fingerprint density at radius 1 is 1.14 bits per heavy atom. The van der Waals surface area contributed by atoms with Crippen LogP contribution in [0.5, 0.6) is 0 Å². The summed E-state index contributed by atoms with van der Waals surface area (Å²) in [6.07, 6.45) is 0. The molecule has 2 heterocycles. The van der Waals surface area contributed by atoms with Crippen LogP contribution >= 0.6 is 0 Å². The molecule has 4 rings (SSSR count). The van der Waals surface area contributed by atoms with E-state index in [2.05, 4.69) is 15.4 Å². The van der Waals surface area contributed by atoms with Crippen LogP contribution < -0.4 is 27.2 Å². The number of nitrogens with zero attached hydrogens (tertiary/aromatic N) is 4. The van der Waals surface area contributed by atoms with Gasteiger partial charge in [0, 0.05) is 13.1 Å². The van der Waals surface area contributed by atoms with Gasteiger partial charge in [0.25, 0.3) is 5.56 Å². The minimum Gasteiger partial charge on any atom is -0.383 e. The van der Waals surface area contributed by atoms with Crippen LogP contribution in [0.25, 0.3) is 5.69 Å². The van der Waals surface area contributed by atoms with Crippen LogP contribution in [-0.4, -0.2) is 38.8 Å². The topological polar surface area (TPSA) is 131 Å². The zero-order chi connectivity index (χ0) is 25.1. The van der Waals surface area contributed by atoms with E-state index in [-0.39, 0.29) is 30.4 Å². The molecule has 0 fully saturated rings. The highest BCUT2D eigenvalue weighted by Gasteiger charge is 2.19. The van der Waals surface area contributed by atoms with Crippen molar-refractivity contribution in [3.63, 3.8) is 0 Å². The Kier molecular flexibility index (Phi) is 6.49. The van der Waals surface area contributed by atoms with Gasteiger partial charge < -0.3 is 16.0 Å². The van der Waals surface area contributed by atoms with Crippen molar-refractivity contribution < 1.29 is 9.18 Å². The summed E-state index contributed by atoms with van der Waals surface area (Å²) in [7, 11) is 1.53. The number of halogens is 1. The van der Waals surface area contributed by atoms with Crippen LogP contribution in [0, 0.1) is 12.7 Å². The maximum Gasteiger partial charge on any atom is 0.330 e. The Bertz CT molecular complexity index is 1470. The minimum absolute atomic E-state index is 0.00101. The Labute approximate surface area is 199 Å². The Morgan fingerprint density at radius 3 is 2.51 bits per heavy atom. The molecule has 4 N–H and O–H groups in total. The number of amides is 1. The number of benzene rings is 2. The number of aromatic amines is 1. The number of anilines is 3. The fourth-order valence-electron chi connectivity index (χ4n) is 3.71. The van der Waals surface area contributed by atoms with Gasteiger partial charge in [0.2, 0.25) is 5.91 Å². The second kappa shape index (κ2) is 9.67. The van der Waals surface area contributed by atoms with Crippen LogP contribution in [0.4, 0.5) is 21.7 Å². The lowest BCUT2D eigenvalue weighted by molar-refractivity contribution is -0.115. The average Bonchev–Trinajstić information content (AvgIpc) is 3.17. The Morgan fingerprint density at radius 2 is 1.83 bits per heavy atom. The van der Waals surface area contributed by atoms with Crippen molar-refractivity contribution in [1.29, 1.82) is 0 Å². The van der Waals surface area contributed by atoms with Gasteiger partial charge in [-0.15, -0.1) is 0 Å². The lowest BCUT2D eigenvalue weighted by atomic mass is 10.2. The number of aryl methyl sites for hydroxylation is 1. The lowest BCUT2D eigenvalue weighted by Crippen LogP contribution is -2.40. The van der Waals surface area contributed by atoms with Crippen molar-refractivity contribution in [2.24, 2.45) is 0 Å². The van der Waals surface area contributed by atoms with Gasteiger partial charge in [-0.05, 0) is 36.8 Å². The highest BCUT2D eigenvalue weighted by molar-refractivity contribution is 5.94. The predicted octanol–water partition coefficient (Wildman–Crippen LogP) is 1.88. The molecule has 4 aromatic rings. The van der Waals surface area contributed by atoms with Crippen molar-refractivity contribution in [2.45, 2.75) is 13.5 Å². The van der Waals surface area contributed by atoms with E-state index in [1.165, 1.54) is 33.3 Å². The SMILES string of the molecule is Cc1cc(NC(=O)CN(C)c2c(N)n(Cc3ccccc3)c(=O)[nH]c2=O)n(-c2ccc(F)cc2)n1. The number of hydrogen-bond donors (Lipinski definition) is 3. The number of aromatic nitrogens is 4. The van der Waals surface area contributed by atoms with Crippen molar-refractivity contribution in [2.75, 3.05) is 29.5 Å². The molecule has 0 aliphatic carbocycles. The van der Waals surface area contributed by atoms with Gasteiger partial charge in [-0.25, -0.2) is 13.9 Å². The van der Waals surface area contributed by atoms with Gasteiger partial charge in [-0.3, -0.25) is 19.1 Å². The van der Waals surface area contributed by atoms with Crippen LogP contribution in [0.3, 0.4) is 0 Å². The predicted molar refractivity (Wildman–Crippen MR) is 131 cm³/mol. The maximum absolute atomic E-state index is 13.3. The lowest BCUT2D eigenvalue weighted by Gasteiger charge is -2.21. The fourth-order valence-corrected chi connectivity index (χ4v) is 3.71. The minimum atomic E-state index is -0.695. The number of hydrogen-bond acceptors (Lipinski definition) is 6. The zero-order valence-electron chi connectivity index (χ0n) is 19.2. The third kappa shape index (κ3) is 5.13. The van der Waals surface area contributed by atoms with E-state index in [1.807, 2.05) is 30.3 Å². The molecule has 0 saturated carbocycles. The van der Waals surface area contributed by atoms with E-state index in [0.29, 0.717) is 17.2 Å². The van der Waals surface area contributed by atoms with Gasteiger partial charge in [-0.2, -0.15) is 5.10 Å². The second-order valence-electron chi connectivity index (χ2n) is 8.03. The molecule has 0 aliphatic rings. The van der Waals surface area contributed by atoms with Gasteiger partial charge in [0.05, 0.1) is 24.5 Å². The van der Waals surface area contributed by atoms with E-state index < -0.39 is 17.2 Å². The molecule has 0 bridgehead atoms. The van der Waals surface area contributed by atoms with Gasteiger partial charge in [0.1, 0.15) is 23.1 Å². The van der Waals surface area contributed by atoms with Crippen molar-refractivity contribution in [3.05, 3.63) is 98.6 Å². The van der Waals surface area contributed by atoms with E-state index in [0.717, 1.165) is 5.56 Å². The third-order valence-electron chi connectivity index (χ3n) is 5.33. The number of likely N-dealkylation sites (N-methyl/N-ethyl adjacent to an activating group) is 1. The number of carbonyl (C=O) groups excluding carboxylic acids is 1. The quantitative estimate of drug-likeness (QED) is 0.373. The Hall–Kier alpha value is -4.67. The molecule has 11 heteroatoms. The summed E-state index contributed by atoms with van der Waals surface area (Å²) in [5.74, 6) is -0.509. The van der Waals surface area contributed by atoms with E-state index >= 15 is 0 Å². The van der Waals surface area contributed by atoms with Crippen LogP contribution in [0.15, 0.2) is 70.3 Å². The van der Waals surface area contributed by atoms with Crippen molar-refractivity contribution in [1.82, 2.24) is 19.3 Å². The highest BCUT2D eigenvalue weighted by atomic mass is 19.1. The summed E-state index contributed by atoms with van der Waals surface area (Å²) in [5.41, 5.74) is 6.90. The normalized spacial score (nSPS) is 10.8. The number of carbonyl (C=O) groups is 1. The second-order valence-corrected chi connectivity index (χ2v) is 8.03. The number of H-pyrrole nitrogens is 1. The molecule has 180 valence electrons. The molecular formula is C24H24FN7O3. The Balaban J connectivity index is 1.56. The largest absolute Gasteiger partial charge is 0.383 e. The first kappa shape index (κ1) is 23.5. The molecular weight excluding hydrogens is 453 g/mol. The maximum atomic E-state index is 13.3. The van der Waals surface area contributed by atoms with Gasteiger partial charge >= 0.3 is 5.69 Å². The summed E-state index contributed by atoms with van der Waals surface area (Å²) >= 11 is 0. The molecule has 1 amide bonds. The van der Waals surface area contributed by atoms with Crippen LogP contribution in [-0.2, 0) is 11.3 Å². The van der Waals surface area contributed by atoms with Crippen LogP contribution in [0.2, 0.25) is 0 Å². The molecule has 0 saturated heterocycles. The molecule has 2 aromatic heterocycles. The third-order valence-corrected chi connectivity index (χ3v) is 5.33. The summed E-state index contributed by atoms with van der Waals surface area (Å²) in [4.78, 5) is 41.4. The smallest absolute Gasteiger partial charge is 0.330 e. The molecule has 10 nitrogen and oxygen atoms in total. The summed E-state index contributed by atoms with van der Waals surface area (Å²) in [6, 6.07) is 16.5. The number of rotatable bonds is 7. The average molecular weight is 478 g/mol. The monoisotopic (exact) mass is 477 g/mol. The number of nitrogen functional groups attached to an aromatic ring is 1. The molecule has 0 atom stereocenters. The number of nitrogens with one attached hydrogen (secondary N) is 2. The standard InChI is InChI=1S/C24H24FN7O3/c1-15-12-19(32(29-15)18-10-8-17(25)9-11-18)27-20(33)14-30(2)21-22(26)31(24(35)28-23(21)34)13-16-6-4-3-5-7-16/h3-12H,13-14,26H2,1-2H3,(H,27,33)(H,28,34,35). The summed E-state index contributed by atoms with van der Waals surface area (Å²) < 4.78 is 16.0. The first-order valence-corrected chi connectivity index (χ1v) is 10.7. The molecule has 0 aliphatic heterocycles. The van der Waals surface area contributed by atoms with E-state index in [1.54, 1.807) is 25.1 Å². The summed E-state index contributed by atoms with van der Waals surface area (Å²) in [6.45, 7) is 1.69. The van der Waals surface area contributed by atoms with E-state index in [9.17, 15) is 18.8 Å². The molecule has 2 aromatic carbocycles. The van der Waals surface area contributed by atoms with Crippen molar-refractivity contribution >= 4 is 23.2 Å². The zero-order valence-corrected chi connectivity index (χ0v) is 19.2.